The number of rotatable bonds is 10. The number of aliphatic hydroxyl groups is 1. The lowest BCUT2D eigenvalue weighted by Crippen LogP contribution is -2.26. The van der Waals surface area contributed by atoms with Gasteiger partial charge in [-0.15, -0.1) is 0 Å². The number of nitrogens with zero attached hydrogens (tertiary/aromatic N) is 1. The molecule has 1 atom stereocenters. The molecule has 8 heteroatoms. The SMILES string of the molecule is COC(=O)c1c(NC(CO)CCSC)cc(C)nc1Oc1c(C)cc(OC)cc1C. The average molecular weight is 435 g/mol. The summed E-state index contributed by atoms with van der Waals surface area (Å²) in [4.78, 5) is 17.1. The monoisotopic (exact) mass is 434 g/mol. The second-order valence-corrected chi connectivity index (χ2v) is 7.97. The molecule has 0 saturated heterocycles. The van der Waals surface area contributed by atoms with Gasteiger partial charge in [0.2, 0.25) is 5.88 Å². The molecule has 2 aromatic rings. The van der Waals surface area contributed by atoms with Crippen molar-refractivity contribution in [1.82, 2.24) is 4.98 Å². The highest BCUT2D eigenvalue weighted by molar-refractivity contribution is 7.98. The Hall–Kier alpha value is -2.45. The largest absolute Gasteiger partial charge is 0.497 e. The molecule has 0 aliphatic heterocycles. The molecular weight excluding hydrogens is 404 g/mol. The number of pyridine rings is 1. The maximum Gasteiger partial charge on any atom is 0.345 e. The quantitative estimate of drug-likeness (QED) is 0.540. The van der Waals surface area contributed by atoms with Crippen LogP contribution in [0.1, 0.15) is 33.6 Å². The number of methoxy groups -OCH3 is 2. The minimum Gasteiger partial charge on any atom is -0.497 e. The number of thioether (sulfide) groups is 1. The van der Waals surface area contributed by atoms with Crippen molar-refractivity contribution in [3.05, 3.63) is 40.6 Å². The van der Waals surface area contributed by atoms with Crippen LogP contribution in [0.25, 0.3) is 0 Å². The van der Waals surface area contributed by atoms with E-state index in [1.807, 2.05) is 39.2 Å². The van der Waals surface area contributed by atoms with Gasteiger partial charge >= 0.3 is 5.97 Å². The molecular formula is C22H30N2O5S. The van der Waals surface area contributed by atoms with E-state index >= 15 is 0 Å². The van der Waals surface area contributed by atoms with Crippen LogP contribution in [0.2, 0.25) is 0 Å². The number of hydrogen-bond donors (Lipinski definition) is 2. The Labute approximate surface area is 182 Å². The zero-order chi connectivity index (χ0) is 22.3. The minimum atomic E-state index is -0.564. The maximum absolute atomic E-state index is 12.6. The lowest BCUT2D eigenvalue weighted by molar-refractivity contribution is 0.0598. The maximum atomic E-state index is 12.6. The third kappa shape index (κ3) is 5.79. The fraction of sp³-hybridized carbons (Fsp3) is 0.455. The van der Waals surface area contributed by atoms with E-state index in [2.05, 4.69) is 10.3 Å². The zero-order valence-electron chi connectivity index (χ0n) is 18.4. The van der Waals surface area contributed by atoms with Crippen LogP contribution in [0.3, 0.4) is 0 Å². The first kappa shape index (κ1) is 23.8. The summed E-state index contributed by atoms with van der Waals surface area (Å²) in [6.07, 6.45) is 2.75. The van der Waals surface area contributed by atoms with Crippen LogP contribution in [0, 0.1) is 20.8 Å². The third-order valence-corrected chi connectivity index (χ3v) is 5.27. The van der Waals surface area contributed by atoms with E-state index in [0.717, 1.165) is 29.1 Å². The normalized spacial score (nSPS) is 11.7. The molecule has 0 radical (unpaired) electrons. The highest BCUT2D eigenvalue weighted by Crippen LogP contribution is 2.36. The molecule has 30 heavy (non-hydrogen) atoms. The van der Waals surface area contributed by atoms with Crippen molar-refractivity contribution in [2.75, 3.05) is 38.2 Å². The second kappa shape index (κ2) is 11.1. The van der Waals surface area contributed by atoms with E-state index in [4.69, 9.17) is 14.2 Å². The highest BCUT2D eigenvalue weighted by atomic mass is 32.2. The second-order valence-electron chi connectivity index (χ2n) is 6.98. The first-order chi connectivity index (χ1) is 14.3. The van der Waals surface area contributed by atoms with Crippen molar-refractivity contribution in [2.45, 2.75) is 33.2 Å². The zero-order valence-corrected chi connectivity index (χ0v) is 19.2. The van der Waals surface area contributed by atoms with E-state index in [9.17, 15) is 9.90 Å². The van der Waals surface area contributed by atoms with Crippen LogP contribution in [0.4, 0.5) is 5.69 Å². The number of carbonyl (C=O) groups is 1. The summed E-state index contributed by atoms with van der Waals surface area (Å²) in [7, 11) is 2.93. The van der Waals surface area contributed by atoms with E-state index in [-0.39, 0.29) is 24.1 Å². The number of aryl methyl sites for hydroxylation is 3. The van der Waals surface area contributed by atoms with Gasteiger partial charge in [0.15, 0.2) is 0 Å². The molecule has 1 aromatic carbocycles. The van der Waals surface area contributed by atoms with Crippen molar-refractivity contribution in [2.24, 2.45) is 0 Å². The summed E-state index contributed by atoms with van der Waals surface area (Å²) < 4.78 is 16.4. The predicted octanol–water partition coefficient (Wildman–Crippen LogP) is 4.12. The van der Waals surface area contributed by atoms with Gasteiger partial charge in [-0.25, -0.2) is 9.78 Å². The lowest BCUT2D eigenvalue weighted by Gasteiger charge is -2.21. The van der Waals surface area contributed by atoms with Crippen molar-refractivity contribution < 1.29 is 24.1 Å². The third-order valence-electron chi connectivity index (χ3n) is 4.62. The lowest BCUT2D eigenvalue weighted by atomic mass is 10.1. The Bertz CT molecular complexity index is 865. The number of esters is 1. The van der Waals surface area contributed by atoms with Crippen LogP contribution in [0.15, 0.2) is 18.2 Å². The van der Waals surface area contributed by atoms with Gasteiger partial charge in [0, 0.05) is 5.69 Å². The molecule has 0 aliphatic carbocycles. The Morgan fingerprint density at radius 2 is 1.87 bits per heavy atom. The van der Waals surface area contributed by atoms with Crippen molar-refractivity contribution >= 4 is 23.4 Å². The number of aromatic nitrogens is 1. The van der Waals surface area contributed by atoms with Gasteiger partial charge in [0.05, 0.1) is 32.6 Å². The number of carbonyl (C=O) groups excluding carboxylic acids is 1. The Balaban J connectivity index is 2.52. The topological polar surface area (TPSA) is 89.9 Å². The molecule has 0 aliphatic rings. The Morgan fingerprint density at radius 3 is 2.40 bits per heavy atom. The van der Waals surface area contributed by atoms with Gasteiger partial charge in [0.25, 0.3) is 0 Å². The molecule has 0 bridgehead atoms. The van der Waals surface area contributed by atoms with Crippen LogP contribution in [0.5, 0.6) is 17.4 Å². The Morgan fingerprint density at radius 1 is 1.20 bits per heavy atom. The predicted molar refractivity (Wildman–Crippen MR) is 120 cm³/mol. The first-order valence-electron chi connectivity index (χ1n) is 9.63. The van der Waals surface area contributed by atoms with Gasteiger partial charge < -0.3 is 24.6 Å². The molecule has 164 valence electrons. The standard InChI is InChI=1S/C22H30N2O5S/c1-13-9-17(27-4)10-14(2)20(13)29-21-19(22(26)28-5)18(11-15(3)23-21)24-16(12-25)7-8-30-6/h9-11,16,25H,7-8,12H2,1-6H3,(H,23,24). The number of anilines is 1. The average Bonchev–Trinajstić information content (AvgIpc) is 2.72. The van der Waals surface area contributed by atoms with Crippen LogP contribution in [-0.2, 0) is 4.74 Å². The molecule has 1 unspecified atom stereocenters. The number of benzene rings is 1. The highest BCUT2D eigenvalue weighted by Gasteiger charge is 2.24. The molecule has 0 spiro atoms. The van der Waals surface area contributed by atoms with Crippen LogP contribution >= 0.6 is 11.8 Å². The van der Waals surface area contributed by atoms with Crippen LogP contribution in [-0.4, -0.2) is 54.9 Å². The van der Waals surface area contributed by atoms with E-state index < -0.39 is 5.97 Å². The summed E-state index contributed by atoms with van der Waals surface area (Å²) >= 11 is 1.70. The molecule has 1 aromatic heterocycles. The van der Waals surface area contributed by atoms with E-state index in [1.54, 1.807) is 24.9 Å². The fourth-order valence-corrected chi connectivity index (χ4v) is 3.63. The van der Waals surface area contributed by atoms with Gasteiger partial charge in [-0.2, -0.15) is 11.8 Å². The summed E-state index contributed by atoms with van der Waals surface area (Å²) in [5.41, 5.74) is 3.10. The molecule has 0 amide bonds. The summed E-state index contributed by atoms with van der Waals surface area (Å²) in [5, 5.41) is 13.0. The number of hydrogen-bond acceptors (Lipinski definition) is 8. The molecule has 1 heterocycles. The Kier molecular flexibility index (Phi) is 8.80. The van der Waals surface area contributed by atoms with Crippen molar-refractivity contribution in [3.8, 4) is 17.4 Å². The number of nitrogens with one attached hydrogen (secondary N) is 1. The molecule has 0 fully saturated rings. The molecule has 0 saturated carbocycles. The summed E-state index contributed by atoms with van der Waals surface area (Å²) in [6, 6.07) is 5.27. The van der Waals surface area contributed by atoms with Gasteiger partial charge in [0.1, 0.15) is 17.1 Å². The van der Waals surface area contributed by atoms with E-state index in [0.29, 0.717) is 17.1 Å². The minimum absolute atomic E-state index is 0.0601. The fourth-order valence-electron chi connectivity index (χ4n) is 3.11. The molecule has 2 rings (SSSR count). The first-order valence-corrected chi connectivity index (χ1v) is 11.0. The molecule has 2 N–H and O–H groups in total. The van der Waals surface area contributed by atoms with Crippen molar-refractivity contribution in [1.29, 1.82) is 0 Å². The number of aliphatic hydroxyl groups excluding tert-OH is 1. The summed E-state index contributed by atoms with van der Waals surface area (Å²) in [5.74, 6) is 1.80. The van der Waals surface area contributed by atoms with Gasteiger partial charge in [-0.3, -0.25) is 0 Å². The molecule has 7 nitrogen and oxygen atoms in total. The van der Waals surface area contributed by atoms with E-state index in [1.165, 1.54) is 7.11 Å². The van der Waals surface area contributed by atoms with Gasteiger partial charge in [-0.05, 0) is 68.5 Å². The van der Waals surface area contributed by atoms with Crippen molar-refractivity contribution in [3.63, 3.8) is 0 Å². The summed E-state index contributed by atoms with van der Waals surface area (Å²) in [6.45, 7) is 5.57. The number of ether oxygens (including phenoxy) is 3. The van der Waals surface area contributed by atoms with Gasteiger partial charge in [-0.1, -0.05) is 0 Å². The smallest absolute Gasteiger partial charge is 0.345 e. The van der Waals surface area contributed by atoms with Crippen LogP contribution < -0.4 is 14.8 Å².